The Bertz CT molecular complexity index is 2060. The molecule has 2 atom stereocenters. The van der Waals surface area contributed by atoms with Crippen molar-refractivity contribution in [1.29, 1.82) is 0 Å². The third kappa shape index (κ3) is 18.4. The average molecular weight is 896 g/mol. The van der Waals surface area contributed by atoms with E-state index in [1.54, 1.807) is 6.20 Å². The number of pyridine rings is 1. The van der Waals surface area contributed by atoms with Gasteiger partial charge in [-0.1, -0.05) is 43.7 Å². The van der Waals surface area contributed by atoms with Crippen molar-refractivity contribution in [2.24, 2.45) is 0 Å². The Morgan fingerprint density at radius 3 is 1.63 bits per heavy atom. The van der Waals surface area contributed by atoms with Crippen LogP contribution in [0.15, 0.2) is 85.1 Å². The van der Waals surface area contributed by atoms with Crippen molar-refractivity contribution in [1.82, 2.24) is 14.8 Å². The molecule has 6 rings (SSSR count). The number of benzene rings is 3. The number of rotatable bonds is 18. The van der Waals surface area contributed by atoms with Crippen molar-refractivity contribution in [2.75, 3.05) is 59.1 Å². The van der Waals surface area contributed by atoms with Crippen LogP contribution in [0.4, 0.5) is 0 Å². The van der Waals surface area contributed by atoms with Crippen LogP contribution >= 0.6 is 0 Å². The lowest BCUT2D eigenvalue weighted by molar-refractivity contribution is -0.156. The minimum absolute atomic E-state index is 0.0118. The van der Waals surface area contributed by atoms with E-state index in [0.29, 0.717) is 52.4 Å². The minimum Gasteiger partial charge on any atom is -0.494 e. The van der Waals surface area contributed by atoms with Crippen LogP contribution in [0.25, 0.3) is 0 Å². The van der Waals surface area contributed by atoms with Gasteiger partial charge in [-0.15, -0.1) is 0 Å². The number of nitrogens with zero attached hydrogens (tertiary/aromatic N) is 3. The Balaban J connectivity index is 0.000000247. The predicted molar refractivity (Wildman–Crippen MR) is 253 cm³/mol. The van der Waals surface area contributed by atoms with E-state index in [4.69, 9.17) is 33.2 Å². The first-order chi connectivity index (χ1) is 31.0. The molecule has 4 aromatic rings. The summed E-state index contributed by atoms with van der Waals surface area (Å²) < 4.78 is 40.6. The number of carbonyl (C=O) groups is 2. The number of hydrogen-bond acceptors (Lipinski definition) is 12. The molecule has 0 spiro atoms. The van der Waals surface area contributed by atoms with E-state index in [1.807, 2.05) is 102 Å². The third-order valence-corrected chi connectivity index (χ3v) is 10.8. The van der Waals surface area contributed by atoms with Gasteiger partial charge in [0.2, 0.25) is 0 Å². The van der Waals surface area contributed by atoms with Gasteiger partial charge in [0.15, 0.2) is 0 Å². The number of morpholine rings is 2. The van der Waals surface area contributed by atoms with Crippen molar-refractivity contribution in [3.63, 3.8) is 0 Å². The molecule has 12 nitrogen and oxygen atoms in total. The first kappa shape index (κ1) is 51.0. The monoisotopic (exact) mass is 896 g/mol. The summed E-state index contributed by atoms with van der Waals surface area (Å²) in [6.45, 7) is 25.2. The number of unbranched alkanes of at least 4 members (excludes halogenated alkanes) is 1. The van der Waals surface area contributed by atoms with Crippen molar-refractivity contribution in [3.05, 3.63) is 119 Å². The summed E-state index contributed by atoms with van der Waals surface area (Å²) >= 11 is 0. The van der Waals surface area contributed by atoms with Crippen LogP contribution < -0.4 is 14.2 Å². The smallest absolute Gasteiger partial charge is 0.307 e. The fourth-order valence-corrected chi connectivity index (χ4v) is 7.49. The highest BCUT2D eigenvalue weighted by molar-refractivity contribution is 5.70. The summed E-state index contributed by atoms with van der Waals surface area (Å²) in [7, 11) is 0. The van der Waals surface area contributed by atoms with E-state index in [9.17, 15) is 9.59 Å². The molecule has 0 bridgehead atoms. The maximum absolute atomic E-state index is 12.1. The molecule has 2 aliphatic rings. The molecule has 2 aliphatic heterocycles. The van der Waals surface area contributed by atoms with Crippen LogP contribution in [0.5, 0.6) is 17.2 Å². The summed E-state index contributed by atoms with van der Waals surface area (Å²) in [5.41, 5.74) is 5.70. The second-order valence-corrected chi connectivity index (χ2v) is 18.8. The summed E-state index contributed by atoms with van der Waals surface area (Å²) in [4.78, 5) is 32.9. The first-order valence-electron chi connectivity index (χ1n) is 23.2. The lowest BCUT2D eigenvalue weighted by Gasteiger charge is -2.33. The molecule has 0 aliphatic carbocycles. The van der Waals surface area contributed by atoms with Gasteiger partial charge in [0.1, 0.15) is 41.7 Å². The molecule has 2 unspecified atom stereocenters. The second kappa shape index (κ2) is 25.0. The molecule has 3 heterocycles. The highest BCUT2D eigenvalue weighted by atomic mass is 16.6. The van der Waals surface area contributed by atoms with Gasteiger partial charge < -0.3 is 33.2 Å². The van der Waals surface area contributed by atoms with E-state index in [2.05, 4.69) is 53.8 Å². The maximum atomic E-state index is 12.1. The van der Waals surface area contributed by atoms with E-state index in [1.165, 1.54) is 0 Å². The van der Waals surface area contributed by atoms with E-state index in [0.717, 1.165) is 96.4 Å². The van der Waals surface area contributed by atoms with Crippen LogP contribution in [-0.2, 0) is 41.8 Å². The second-order valence-electron chi connectivity index (χ2n) is 18.8. The maximum Gasteiger partial charge on any atom is 0.307 e. The number of aryl methyl sites for hydroxylation is 2. The first-order valence-corrected chi connectivity index (χ1v) is 23.2. The largest absolute Gasteiger partial charge is 0.494 e. The number of ether oxygens (including phenoxy) is 7. The van der Waals surface area contributed by atoms with Gasteiger partial charge in [0.05, 0.1) is 50.6 Å². The van der Waals surface area contributed by atoms with Gasteiger partial charge in [-0.25, -0.2) is 0 Å². The molecular formula is C53H73N3O9. The molecule has 12 heteroatoms. The highest BCUT2D eigenvalue weighted by Gasteiger charge is 2.26. The van der Waals surface area contributed by atoms with E-state index < -0.39 is 11.2 Å². The Morgan fingerprint density at radius 1 is 0.662 bits per heavy atom. The highest BCUT2D eigenvalue weighted by Crippen LogP contribution is 2.30. The average Bonchev–Trinajstić information content (AvgIpc) is 3.26. The van der Waals surface area contributed by atoms with E-state index >= 15 is 0 Å². The minimum atomic E-state index is -0.447. The van der Waals surface area contributed by atoms with Crippen molar-refractivity contribution in [3.8, 4) is 17.2 Å². The van der Waals surface area contributed by atoms with Gasteiger partial charge in [0.25, 0.3) is 0 Å². The summed E-state index contributed by atoms with van der Waals surface area (Å²) in [5.74, 6) is 2.25. The SMILES string of the molecule is CCCCOc1ccc(COc2ccc(C3CN(CCC(=O)OC(C)(C)C)CCO3)c(C)c2)cc1.Cc1cc(OCc2ccccn2)ccc1C1CN(CCC(=O)OC(C)(C)C)CCO1. The van der Waals surface area contributed by atoms with Crippen molar-refractivity contribution < 1.29 is 42.7 Å². The fourth-order valence-electron chi connectivity index (χ4n) is 7.49. The third-order valence-electron chi connectivity index (χ3n) is 10.8. The molecule has 354 valence electrons. The standard InChI is InChI=1S/C29H41NO5.C24H32N2O4/c1-6-7-17-32-24-10-8-23(9-11-24)21-34-25-12-13-26(22(2)19-25)27-20-30(16-18-33-27)15-14-28(31)35-29(3,4)5;1-18-15-20(29-17-19-7-5-6-11-25-19)8-9-21(18)22-16-26(13-14-28-22)12-10-23(27)30-24(2,3)4/h8-13,19,27H,6-7,14-18,20-21H2,1-5H3;5-9,11,15,22H,10,12-14,16-17H2,1-4H3. The zero-order valence-corrected chi connectivity index (χ0v) is 40.4. The van der Waals surface area contributed by atoms with Crippen LogP contribution in [0.2, 0.25) is 0 Å². The summed E-state index contributed by atoms with van der Waals surface area (Å²) in [5, 5.41) is 0. The summed E-state index contributed by atoms with van der Waals surface area (Å²) in [6, 6.07) is 26.2. The summed E-state index contributed by atoms with van der Waals surface area (Å²) in [6.07, 6.45) is 4.71. The van der Waals surface area contributed by atoms with Crippen molar-refractivity contribution in [2.45, 2.75) is 125 Å². The van der Waals surface area contributed by atoms with Crippen LogP contribution in [0, 0.1) is 13.8 Å². The Labute approximate surface area is 387 Å². The molecule has 2 saturated heterocycles. The van der Waals surface area contributed by atoms with Gasteiger partial charge in [-0.05, 0) is 138 Å². The van der Waals surface area contributed by atoms with Gasteiger partial charge in [-0.2, -0.15) is 0 Å². The van der Waals surface area contributed by atoms with Crippen LogP contribution in [0.3, 0.4) is 0 Å². The Hall–Kier alpha value is -5.01. The molecule has 0 amide bonds. The van der Waals surface area contributed by atoms with Gasteiger partial charge in [-0.3, -0.25) is 24.4 Å². The zero-order valence-electron chi connectivity index (χ0n) is 40.4. The number of carbonyl (C=O) groups excluding carboxylic acids is 2. The molecule has 0 radical (unpaired) electrons. The molecule has 65 heavy (non-hydrogen) atoms. The topological polar surface area (TPSA) is 118 Å². The normalized spacial score (nSPS) is 17.1. The lowest BCUT2D eigenvalue weighted by atomic mass is 10.0. The lowest BCUT2D eigenvalue weighted by Crippen LogP contribution is -2.40. The van der Waals surface area contributed by atoms with E-state index in [-0.39, 0.29) is 24.1 Å². The Morgan fingerprint density at radius 2 is 1.17 bits per heavy atom. The molecule has 2 fully saturated rings. The number of hydrogen-bond donors (Lipinski definition) is 0. The van der Waals surface area contributed by atoms with Gasteiger partial charge in [0, 0.05) is 45.5 Å². The molecular weight excluding hydrogens is 823 g/mol. The zero-order chi connectivity index (χ0) is 46.8. The van der Waals surface area contributed by atoms with Crippen LogP contribution in [-0.4, -0.2) is 97.0 Å². The quantitative estimate of drug-likeness (QED) is 0.0699. The molecule has 0 saturated carbocycles. The predicted octanol–water partition coefficient (Wildman–Crippen LogP) is 9.93. The number of esters is 2. The van der Waals surface area contributed by atoms with Crippen molar-refractivity contribution >= 4 is 11.9 Å². The molecule has 1 aromatic heterocycles. The number of aromatic nitrogens is 1. The van der Waals surface area contributed by atoms with Gasteiger partial charge >= 0.3 is 11.9 Å². The molecule has 3 aromatic carbocycles. The fraction of sp³-hybridized carbons (Fsp3) is 0.528. The molecule has 0 N–H and O–H groups in total. The van der Waals surface area contributed by atoms with Crippen LogP contribution in [0.1, 0.15) is 120 Å². The Kier molecular flexibility index (Phi) is 19.6.